The van der Waals surface area contributed by atoms with Crippen molar-refractivity contribution in [2.24, 2.45) is 0 Å². The first-order chi connectivity index (χ1) is 12.4. The quantitative estimate of drug-likeness (QED) is 0.719. The minimum Gasteiger partial charge on any atom is -0.383 e. The molecule has 5 nitrogen and oxygen atoms in total. The Bertz CT molecular complexity index is 757. The van der Waals surface area contributed by atoms with Crippen LogP contribution in [0.1, 0.15) is 45.7 Å². The summed E-state index contributed by atoms with van der Waals surface area (Å²) in [4.78, 5) is 13.1. The van der Waals surface area contributed by atoms with Crippen molar-refractivity contribution in [3.63, 3.8) is 0 Å². The number of fused-ring (bicyclic) bond motifs is 1. The van der Waals surface area contributed by atoms with Gasteiger partial charge in [0.15, 0.2) is 5.82 Å². The van der Waals surface area contributed by atoms with Gasteiger partial charge in [0.2, 0.25) is 0 Å². The lowest BCUT2D eigenvalue weighted by atomic mass is 10.1. The number of pyridine rings is 1. The van der Waals surface area contributed by atoms with Crippen LogP contribution in [-0.4, -0.2) is 47.4 Å². The SMILES string of the molecule is CC.COCCN(c1nc(F)nc2c(F)c(C(C)C)ncc12)[C@@H]1C[C@H]1F. The van der Waals surface area contributed by atoms with Gasteiger partial charge in [0.05, 0.1) is 23.7 Å². The summed E-state index contributed by atoms with van der Waals surface area (Å²) in [5, 5.41) is 0.272. The summed E-state index contributed by atoms with van der Waals surface area (Å²) in [5.74, 6) is -0.676. The number of anilines is 1. The third-order valence-electron chi connectivity index (χ3n) is 4.10. The van der Waals surface area contributed by atoms with Crippen molar-refractivity contribution in [2.45, 2.75) is 52.2 Å². The van der Waals surface area contributed by atoms with Crippen LogP contribution in [0.4, 0.5) is 19.0 Å². The van der Waals surface area contributed by atoms with Crippen molar-refractivity contribution in [3.8, 4) is 0 Å². The van der Waals surface area contributed by atoms with Gasteiger partial charge in [0, 0.05) is 26.3 Å². The van der Waals surface area contributed by atoms with Gasteiger partial charge in [0.1, 0.15) is 17.5 Å². The highest BCUT2D eigenvalue weighted by Crippen LogP contribution is 2.37. The summed E-state index contributed by atoms with van der Waals surface area (Å²) >= 11 is 0. The van der Waals surface area contributed by atoms with Gasteiger partial charge >= 0.3 is 6.08 Å². The molecule has 0 bridgehead atoms. The molecular weight excluding hydrogens is 345 g/mol. The average molecular weight is 370 g/mol. The first-order valence-electron chi connectivity index (χ1n) is 8.85. The third kappa shape index (κ3) is 4.06. The predicted octanol–water partition coefficient (Wildman–Crippen LogP) is 4.02. The molecule has 0 aliphatic heterocycles. The largest absolute Gasteiger partial charge is 0.383 e. The van der Waals surface area contributed by atoms with Crippen molar-refractivity contribution in [3.05, 3.63) is 23.8 Å². The van der Waals surface area contributed by atoms with E-state index in [0.717, 1.165) is 0 Å². The number of alkyl halides is 1. The number of aromatic nitrogens is 3. The summed E-state index contributed by atoms with van der Waals surface area (Å²) in [6, 6.07) is -0.412. The second-order valence-corrected chi connectivity index (χ2v) is 6.20. The smallest absolute Gasteiger partial charge is 0.311 e. The molecule has 0 N–H and O–H groups in total. The molecule has 144 valence electrons. The van der Waals surface area contributed by atoms with E-state index in [1.807, 2.05) is 13.8 Å². The van der Waals surface area contributed by atoms with E-state index in [9.17, 15) is 13.2 Å². The van der Waals surface area contributed by atoms with Gasteiger partial charge in [0.25, 0.3) is 0 Å². The fraction of sp³-hybridized carbons (Fsp3) is 0.611. The van der Waals surface area contributed by atoms with Crippen LogP contribution in [-0.2, 0) is 4.74 Å². The number of ether oxygens (including phenoxy) is 1. The van der Waals surface area contributed by atoms with Crippen LogP contribution in [0, 0.1) is 11.9 Å². The Morgan fingerprint density at radius 1 is 1.27 bits per heavy atom. The normalized spacial score (nSPS) is 18.7. The molecule has 3 rings (SSSR count). The number of hydrogen-bond donors (Lipinski definition) is 0. The van der Waals surface area contributed by atoms with E-state index in [2.05, 4.69) is 15.0 Å². The lowest BCUT2D eigenvalue weighted by Gasteiger charge is -2.24. The Balaban J connectivity index is 0.00000117. The van der Waals surface area contributed by atoms with Crippen LogP contribution < -0.4 is 4.90 Å². The van der Waals surface area contributed by atoms with Crippen LogP contribution in [0.3, 0.4) is 0 Å². The van der Waals surface area contributed by atoms with E-state index in [4.69, 9.17) is 4.74 Å². The van der Waals surface area contributed by atoms with Crippen molar-refractivity contribution in [2.75, 3.05) is 25.2 Å². The fourth-order valence-electron chi connectivity index (χ4n) is 2.74. The zero-order chi connectivity index (χ0) is 19.4. The monoisotopic (exact) mass is 370 g/mol. The summed E-state index contributed by atoms with van der Waals surface area (Å²) < 4.78 is 47.2. The molecule has 0 radical (unpaired) electrons. The highest BCUT2D eigenvalue weighted by atomic mass is 19.1. The van der Waals surface area contributed by atoms with E-state index in [-0.39, 0.29) is 28.3 Å². The van der Waals surface area contributed by atoms with Crippen LogP contribution in [0.15, 0.2) is 6.20 Å². The molecule has 0 saturated heterocycles. The molecule has 2 atom stereocenters. The summed E-state index contributed by atoms with van der Waals surface area (Å²) in [6.45, 7) is 8.22. The lowest BCUT2D eigenvalue weighted by Crippen LogP contribution is -2.32. The highest BCUT2D eigenvalue weighted by Gasteiger charge is 2.43. The zero-order valence-corrected chi connectivity index (χ0v) is 15.8. The van der Waals surface area contributed by atoms with Gasteiger partial charge in [-0.3, -0.25) is 4.98 Å². The molecule has 2 aromatic heterocycles. The molecule has 0 aromatic carbocycles. The van der Waals surface area contributed by atoms with Gasteiger partial charge < -0.3 is 9.64 Å². The first-order valence-corrected chi connectivity index (χ1v) is 8.85. The van der Waals surface area contributed by atoms with Gasteiger partial charge in [-0.15, -0.1) is 0 Å². The molecule has 1 saturated carbocycles. The van der Waals surface area contributed by atoms with Crippen LogP contribution in [0.5, 0.6) is 0 Å². The number of methoxy groups -OCH3 is 1. The molecule has 0 unspecified atom stereocenters. The van der Waals surface area contributed by atoms with E-state index in [1.165, 1.54) is 13.3 Å². The molecular formula is C18H25F3N4O. The van der Waals surface area contributed by atoms with Crippen molar-refractivity contribution in [1.82, 2.24) is 15.0 Å². The Labute approximate surface area is 151 Å². The second kappa shape index (κ2) is 8.62. The van der Waals surface area contributed by atoms with Crippen LogP contribution in [0.25, 0.3) is 10.9 Å². The Morgan fingerprint density at radius 3 is 2.46 bits per heavy atom. The topological polar surface area (TPSA) is 51.1 Å². The highest BCUT2D eigenvalue weighted by molar-refractivity contribution is 5.89. The van der Waals surface area contributed by atoms with E-state index in [1.54, 1.807) is 18.7 Å². The molecule has 26 heavy (non-hydrogen) atoms. The van der Waals surface area contributed by atoms with Gasteiger partial charge in [-0.2, -0.15) is 14.4 Å². The molecule has 2 heterocycles. The Kier molecular flexibility index (Phi) is 6.75. The van der Waals surface area contributed by atoms with E-state index < -0.39 is 24.1 Å². The number of hydrogen-bond acceptors (Lipinski definition) is 5. The first kappa shape index (κ1) is 20.4. The molecule has 8 heteroatoms. The maximum Gasteiger partial charge on any atom is 0.311 e. The van der Waals surface area contributed by atoms with Crippen molar-refractivity contribution < 1.29 is 17.9 Å². The molecule has 2 aromatic rings. The molecule has 1 fully saturated rings. The van der Waals surface area contributed by atoms with Crippen molar-refractivity contribution >= 4 is 16.7 Å². The molecule has 0 amide bonds. The fourth-order valence-corrected chi connectivity index (χ4v) is 2.74. The number of nitrogens with zero attached hydrogens (tertiary/aromatic N) is 4. The number of halogens is 3. The minimum atomic E-state index is -1.05. The molecule has 1 aliphatic rings. The lowest BCUT2D eigenvalue weighted by molar-refractivity contribution is 0.204. The predicted molar refractivity (Wildman–Crippen MR) is 95.2 cm³/mol. The van der Waals surface area contributed by atoms with Crippen LogP contribution in [0.2, 0.25) is 0 Å². The van der Waals surface area contributed by atoms with Crippen LogP contribution >= 0.6 is 0 Å². The van der Waals surface area contributed by atoms with Crippen molar-refractivity contribution in [1.29, 1.82) is 0 Å². The number of rotatable bonds is 6. The maximum atomic E-state index is 14.7. The van der Waals surface area contributed by atoms with Gasteiger partial charge in [-0.05, 0) is 5.92 Å². The third-order valence-corrected chi connectivity index (χ3v) is 4.10. The summed E-state index contributed by atoms with van der Waals surface area (Å²) in [7, 11) is 1.52. The molecule has 1 aliphatic carbocycles. The standard InChI is InChI=1S/C16H19F3N4O.C2H6/c1-8(2)13-12(18)14-9(7-20-13)15(22-16(19)21-14)23(4-5-24-3)11-6-10(11)17;1-2/h7-8,10-11H,4-6H2,1-3H3;1-2H3/t10-,11-;/m1./s1. The summed E-state index contributed by atoms with van der Waals surface area (Å²) in [6.07, 6.45) is -0.298. The zero-order valence-electron chi connectivity index (χ0n) is 15.8. The van der Waals surface area contributed by atoms with E-state index in [0.29, 0.717) is 19.6 Å². The Morgan fingerprint density at radius 2 is 1.92 bits per heavy atom. The summed E-state index contributed by atoms with van der Waals surface area (Å²) in [5.41, 5.74) is 0.0828. The van der Waals surface area contributed by atoms with Gasteiger partial charge in [-0.25, -0.2) is 8.78 Å². The second-order valence-electron chi connectivity index (χ2n) is 6.20. The Hall–Kier alpha value is -1.96. The molecule has 0 spiro atoms. The average Bonchev–Trinajstić information content (AvgIpc) is 3.34. The van der Waals surface area contributed by atoms with Gasteiger partial charge in [-0.1, -0.05) is 27.7 Å². The maximum absolute atomic E-state index is 14.7. The van der Waals surface area contributed by atoms with E-state index >= 15 is 0 Å². The minimum absolute atomic E-state index is 0.130.